The van der Waals surface area contributed by atoms with Crippen LogP contribution in [0, 0.1) is 13.8 Å². The van der Waals surface area contributed by atoms with Crippen LogP contribution in [0.25, 0.3) is 0 Å². The predicted octanol–water partition coefficient (Wildman–Crippen LogP) is 2.66. The van der Waals surface area contributed by atoms with E-state index in [0.29, 0.717) is 5.75 Å². The van der Waals surface area contributed by atoms with Crippen molar-refractivity contribution in [2.45, 2.75) is 31.7 Å². The first-order valence-electron chi connectivity index (χ1n) is 5.73. The van der Waals surface area contributed by atoms with Gasteiger partial charge in [-0.05, 0) is 44.0 Å². The van der Waals surface area contributed by atoms with Gasteiger partial charge in [-0.3, -0.25) is 4.79 Å². The van der Waals surface area contributed by atoms with E-state index in [1.807, 2.05) is 13.8 Å². The molecule has 0 fully saturated rings. The zero-order valence-electron chi connectivity index (χ0n) is 10.8. The molecule has 0 spiro atoms. The number of nitrogens with one attached hydrogen (secondary N) is 1. The number of amides is 1. The molecule has 0 aliphatic heterocycles. The minimum atomic E-state index is -0.189. The second-order valence-corrected chi connectivity index (χ2v) is 6.18. The van der Waals surface area contributed by atoms with Crippen LogP contribution in [0.4, 0.5) is 0 Å². The molecule has 18 heavy (non-hydrogen) atoms. The highest BCUT2D eigenvalue weighted by Crippen LogP contribution is 2.28. The van der Waals surface area contributed by atoms with E-state index in [-0.39, 0.29) is 18.6 Å². The molecule has 2 N–H and O–H groups in total. The molecular weight excluding hydrogens is 314 g/mol. The summed E-state index contributed by atoms with van der Waals surface area (Å²) in [5.74, 6) is 0.313. The van der Waals surface area contributed by atoms with Crippen molar-refractivity contribution in [3.05, 3.63) is 27.7 Å². The van der Waals surface area contributed by atoms with Crippen LogP contribution in [0.2, 0.25) is 0 Å². The Balaban J connectivity index is 2.58. The van der Waals surface area contributed by atoms with Crippen LogP contribution in [-0.4, -0.2) is 29.4 Å². The number of thioether (sulfide) groups is 1. The zero-order valence-corrected chi connectivity index (χ0v) is 13.2. The van der Waals surface area contributed by atoms with Gasteiger partial charge < -0.3 is 10.4 Å². The molecule has 1 aromatic carbocycles. The maximum atomic E-state index is 11.6. The van der Waals surface area contributed by atoms with Gasteiger partial charge in [-0.15, -0.1) is 11.8 Å². The topological polar surface area (TPSA) is 49.3 Å². The number of carbonyl (C=O) groups is 1. The van der Waals surface area contributed by atoms with E-state index in [2.05, 4.69) is 33.4 Å². The summed E-state index contributed by atoms with van der Waals surface area (Å²) in [5.41, 5.74) is 2.31. The molecule has 1 unspecified atom stereocenters. The lowest BCUT2D eigenvalue weighted by molar-refractivity contribution is -0.119. The summed E-state index contributed by atoms with van der Waals surface area (Å²) in [6.45, 7) is 5.80. The van der Waals surface area contributed by atoms with E-state index < -0.39 is 0 Å². The van der Waals surface area contributed by atoms with E-state index in [9.17, 15) is 4.79 Å². The van der Waals surface area contributed by atoms with Crippen molar-refractivity contribution in [2.24, 2.45) is 0 Å². The molecular formula is C13H18BrNO2S. The van der Waals surface area contributed by atoms with Gasteiger partial charge in [0.1, 0.15) is 0 Å². The Morgan fingerprint density at radius 1 is 1.44 bits per heavy atom. The fourth-order valence-electron chi connectivity index (χ4n) is 1.42. The normalized spacial score (nSPS) is 12.3. The number of rotatable bonds is 5. The van der Waals surface area contributed by atoms with Gasteiger partial charge >= 0.3 is 0 Å². The monoisotopic (exact) mass is 331 g/mol. The Hall–Kier alpha value is -0.520. The maximum absolute atomic E-state index is 11.6. The van der Waals surface area contributed by atoms with Gasteiger partial charge in [-0.1, -0.05) is 15.9 Å². The van der Waals surface area contributed by atoms with Crippen LogP contribution >= 0.6 is 27.7 Å². The van der Waals surface area contributed by atoms with Crippen LogP contribution in [0.5, 0.6) is 0 Å². The third kappa shape index (κ3) is 4.63. The third-order valence-corrected chi connectivity index (χ3v) is 4.51. The van der Waals surface area contributed by atoms with Gasteiger partial charge in [0.15, 0.2) is 0 Å². The van der Waals surface area contributed by atoms with Crippen molar-refractivity contribution in [1.29, 1.82) is 0 Å². The van der Waals surface area contributed by atoms with Crippen molar-refractivity contribution in [3.63, 3.8) is 0 Å². The predicted molar refractivity (Wildman–Crippen MR) is 79.0 cm³/mol. The van der Waals surface area contributed by atoms with Crippen LogP contribution < -0.4 is 5.32 Å². The molecule has 0 heterocycles. The first-order chi connectivity index (χ1) is 8.43. The Morgan fingerprint density at radius 3 is 2.72 bits per heavy atom. The van der Waals surface area contributed by atoms with Crippen LogP contribution in [0.3, 0.4) is 0 Å². The van der Waals surface area contributed by atoms with Crippen molar-refractivity contribution in [2.75, 3.05) is 12.4 Å². The third-order valence-electron chi connectivity index (χ3n) is 2.50. The minimum absolute atomic E-state index is 0.0349. The zero-order chi connectivity index (χ0) is 13.7. The lowest BCUT2D eigenvalue weighted by atomic mass is 10.2. The lowest BCUT2D eigenvalue weighted by Gasteiger charge is -2.12. The highest BCUT2D eigenvalue weighted by atomic mass is 79.9. The molecule has 1 rings (SSSR count). The second kappa shape index (κ2) is 7.16. The number of aliphatic hydroxyl groups is 1. The van der Waals surface area contributed by atoms with Gasteiger partial charge in [0.25, 0.3) is 0 Å². The molecule has 0 radical (unpaired) electrons. The standard InChI is InChI=1S/C13H18BrNO2S/c1-8-5-12(9(2)4-11(8)14)18-7-13(17)15-10(3)6-16/h4-5,10,16H,6-7H2,1-3H3,(H,15,17). The number of hydrogen-bond acceptors (Lipinski definition) is 3. The number of aryl methyl sites for hydroxylation is 2. The molecule has 100 valence electrons. The quantitative estimate of drug-likeness (QED) is 0.815. The number of halogens is 1. The van der Waals surface area contributed by atoms with Gasteiger partial charge in [0.2, 0.25) is 5.91 Å². The largest absolute Gasteiger partial charge is 0.394 e. The van der Waals surface area contributed by atoms with Gasteiger partial charge in [-0.25, -0.2) is 0 Å². The summed E-state index contributed by atoms with van der Waals surface area (Å²) in [7, 11) is 0. The van der Waals surface area contributed by atoms with Crippen molar-refractivity contribution in [1.82, 2.24) is 5.32 Å². The molecule has 5 heteroatoms. The highest BCUT2D eigenvalue weighted by molar-refractivity contribution is 9.10. The fraction of sp³-hybridized carbons (Fsp3) is 0.462. The Bertz CT molecular complexity index is 437. The number of carbonyl (C=O) groups excluding carboxylic acids is 1. The van der Waals surface area contributed by atoms with Crippen LogP contribution in [0.15, 0.2) is 21.5 Å². The van der Waals surface area contributed by atoms with Gasteiger partial charge in [-0.2, -0.15) is 0 Å². The molecule has 1 amide bonds. The average Bonchev–Trinajstić information content (AvgIpc) is 2.32. The summed E-state index contributed by atoms with van der Waals surface area (Å²) < 4.78 is 1.09. The molecule has 3 nitrogen and oxygen atoms in total. The van der Waals surface area contributed by atoms with Crippen LogP contribution in [-0.2, 0) is 4.79 Å². The first kappa shape index (κ1) is 15.5. The summed E-state index contributed by atoms with van der Waals surface area (Å²) in [6, 6.07) is 3.95. The molecule has 1 atom stereocenters. The summed E-state index contributed by atoms with van der Waals surface area (Å²) in [6.07, 6.45) is 0. The number of benzene rings is 1. The SMILES string of the molecule is Cc1cc(SCC(=O)NC(C)CO)c(C)cc1Br. The fourth-order valence-corrected chi connectivity index (χ4v) is 2.79. The Morgan fingerprint density at radius 2 is 2.11 bits per heavy atom. The van der Waals surface area contributed by atoms with E-state index in [1.54, 1.807) is 6.92 Å². The molecule has 1 aromatic rings. The Labute approximate surface area is 120 Å². The first-order valence-corrected chi connectivity index (χ1v) is 7.51. The molecule has 0 aromatic heterocycles. The number of aliphatic hydroxyl groups excluding tert-OH is 1. The highest BCUT2D eigenvalue weighted by Gasteiger charge is 2.09. The smallest absolute Gasteiger partial charge is 0.230 e. The van der Waals surface area contributed by atoms with Crippen molar-refractivity contribution >= 4 is 33.6 Å². The minimum Gasteiger partial charge on any atom is -0.394 e. The Kier molecular flexibility index (Phi) is 6.18. The van der Waals surface area contributed by atoms with Gasteiger partial charge in [0.05, 0.1) is 12.4 Å². The average molecular weight is 332 g/mol. The summed E-state index contributed by atoms with van der Waals surface area (Å²) in [5, 5.41) is 11.6. The van der Waals surface area contributed by atoms with E-state index in [1.165, 1.54) is 11.8 Å². The molecule has 0 saturated carbocycles. The van der Waals surface area contributed by atoms with E-state index in [4.69, 9.17) is 5.11 Å². The molecule has 0 aliphatic carbocycles. The lowest BCUT2D eigenvalue weighted by Crippen LogP contribution is -2.36. The van der Waals surface area contributed by atoms with Gasteiger partial charge in [0, 0.05) is 15.4 Å². The summed E-state index contributed by atoms with van der Waals surface area (Å²) >= 11 is 5.00. The van der Waals surface area contributed by atoms with Crippen LogP contribution in [0.1, 0.15) is 18.1 Å². The summed E-state index contributed by atoms with van der Waals surface area (Å²) in [4.78, 5) is 12.7. The van der Waals surface area contributed by atoms with E-state index in [0.717, 1.165) is 20.5 Å². The van der Waals surface area contributed by atoms with Crippen molar-refractivity contribution < 1.29 is 9.90 Å². The van der Waals surface area contributed by atoms with E-state index >= 15 is 0 Å². The second-order valence-electron chi connectivity index (χ2n) is 4.31. The molecule has 0 bridgehead atoms. The maximum Gasteiger partial charge on any atom is 0.230 e. The number of hydrogen-bond donors (Lipinski definition) is 2. The van der Waals surface area contributed by atoms with Crippen molar-refractivity contribution in [3.8, 4) is 0 Å². The molecule has 0 aliphatic rings. The molecule has 0 saturated heterocycles.